The fourth-order valence-electron chi connectivity index (χ4n) is 10.4. The third kappa shape index (κ3) is 7.80. The van der Waals surface area contributed by atoms with Crippen molar-refractivity contribution in [3.8, 4) is 89.3 Å². The molecule has 2 nitrogen and oxygen atoms in total. The van der Waals surface area contributed by atoms with Crippen LogP contribution >= 0.6 is 0 Å². The van der Waals surface area contributed by atoms with E-state index in [0.717, 1.165) is 33.5 Å². The van der Waals surface area contributed by atoms with Crippen LogP contribution in [-0.2, 0) is 5.54 Å². The summed E-state index contributed by atoms with van der Waals surface area (Å²) in [6, 6.07) is 91.1. The van der Waals surface area contributed by atoms with Gasteiger partial charge in [0.25, 0.3) is 0 Å². The number of hydrogen-bond acceptors (Lipinski definition) is 1. The van der Waals surface area contributed by atoms with Crippen LogP contribution in [0.1, 0.15) is 20.8 Å². The number of fused-ring (bicyclic) bond motifs is 3. The first-order valence-corrected chi connectivity index (χ1v) is 23.9. The Kier molecular flexibility index (Phi) is 10.5. The van der Waals surface area contributed by atoms with Gasteiger partial charge in [-0.2, -0.15) is 0 Å². The van der Waals surface area contributed by atoms with Crippen molar-refractivity contribution in [3.63, 3.8) is 0 Å². The average molecular weight is 883 g/mol. The van der Waals surface area contributed by atoms with E-state index in [4.69, 9.17) is 4.98 Å². The molecule has 1 heterocycles. The highest BCUT2D eigenvalue weighted by atomic mass is 15.1. The Hall–Kier alpha value is -8.59. The Morgan fingerprint density at radius 3 is 1.13 bits per heavy atom. The SMILES string of the molecule is CC(C)(C)n1c(-c2cccc(-c3ccc4c(-c5cc(-c6ccccc6)cc(-c6ccccc6)c5)c5ccccc5c(-c5cc(-c6ccccc6)cc(-c6ccccc6)c5)c4c3)c2)nc2ccccc21. The van der Waals surface area contributed by atoms with E-state index in [1.807, 2.05) is 0 Å². The van der Waals surface area contributed by atoms with Crippen LogP contribution in [0.25, 0.3) is 122 Å². The van der Waals surface area contributed by atoms with Crippen molar-refractivity contribution < 1.29 is 0 Å². The van der Waals surface area contributed by atoms with Gasteiger partial charge < -0.3 is 4.57 Å². The minimum atomic E-state index is -0.179. The number of hydrogen-bond donors (Lipinski definition) is 0. The Labute approximate surface area is 404 Å². The van der Waals surface area contributed by atoms with Crippen LogP contribution in [-0.4, -0.2) is 9.55 Å². The molecule has 11 aromatic carbocycles. The molecule has 69 heavy (non-hydrogen) atoms. The molecule has 1 aromatic heterocycles. The van der Waals surface area contributed by atoms with Crippen molar-refractivity contribution in [2.75, 3.05) is 0 Å². The van der Waals surface area contributed by atoms with Gasteiger partial charge in [-0.25, -0.2) is 4.98 Å². The van der Waals surface area contributed by atoms with Crippen LogP contribution in [0.5, 0.6) is 0 Å². The van der Waals surface area contributed by atoms with Crippen LogP contribution in [0.2, 0.25) is 0 Å². The number of para-hydroxylation sites is 2. The van der Waals surface area contributed by atoms with Gasteiger partial charge in [0, 0.05) is 11.1 Å². The summed E-state index contributed by atoms with van der Waals surface area (Å²) >= 11 is 0. The maximum atomic E-state index is 5.25. The predicted molar refractivity (Wildman–Crippen MR) is 293 cm³/mol. The van der Waals surface area contributed by atoms with Crippen molar-refractivity contribution in [2.24, 2.45) is 0 Å². The molecule has 0 spiro atoms. The number of aromatic nitrogens is 2. The van der Waals surface area contributed by atoms with Gasteiger partial charge in [0.2, 0.25) is 0 Å². The van der Waals surface area contributed by atoms with Crippen LogP contribution in [0.4, 0.5) is 0 Å². The number of nitrogens with zero attached hydrogens (tertiary/aromatic N) is 2. The third-order valence-electron chi connectivity index (χ3n) is 13.6. The van der Waals surface area contributed by atoms with Crippen LogP contribution in [0, 0.1) is 0 Å². The smallest absolute Gasteiger partial charge is 0.141 e. The second kappa shape index (κ2) is 17.2. The van der Waals surface area contributed by atoms with Gasteiger partial charge in [0.05, 0.1) is 11.0 Å². The Balaban J connectivity index is 1.16. The lowest BCUT2D eigenvalue weighted by Crippen LogP contribution is -2.22. The number of imidazole rings is 1. The summed E-state index contributed by atoms with van der Waals surface area (Å²) in [7, 11) is 0. The molecule has 0 radical (unpaired) electrons. The van der Waals surface area contributed by atoms with E-state index in [9.17, 15) is 0 Å². The minimum Gasteiger partial charge on any atom is -0.319 e. The molecule has 0 unspecified atom stereocenters. The molecule has 328 valence electrons. The summed E-state index contributed by atoms with van der Waals surface area (Å²) in [6.07, 6.45) is 0. The number of rotatable bonds is 8. The zero-order valence-corrected chi connectivity index (χ0v) is 39.1. The van der Waals surface area contributed by atoms with Gasteiger partial charge in [-0.15, -0.1) is 0 Å². The first-order chi connectivity index (χ1) is 33.8. The summed E-state index contributed by atoms with van der Waals surface area (Å²) in [4.78, 5) is 5.25. The van der Waals surface area contributed by atoms with Crippen LogP contribution in [0.15, 0.2) is 249 Å². The van der Waals surface area contributed by atoms with E-state index in [1.165, 1.54) is 88.3 Å². The summed E-state index contributed by atoms with van der Waals surface area (Å²) in [6.45, 7) is 6.78. The van der Waals surface area contributed by atoms with E-state index >= 15 is 0 Å². The van der Waals surface area contributed by atoms with Crippen molar-refractivity contribution in [1.29, 1.82) is 0 Å². The highest BCUT2D eigenvalue weighted by molar-refractivity contribution is 6.22. The van der Waals surface area contributed by atoms with E-state index in [-0.39, 0.29) is 5.54 Å². The highest BCUT2D eigenvalue weighted by Gasteiger charge is 2.24. The molecule has 0 amide bonds. The summed E-state index contributed by atoms with van der Waals surface area (Å²) in [5.74, 6) is 0.971. The molecule has 0 saturated carbocycles. The molecule has 0 fully saturated rings. The molecule has 0 aliphatic carbocycles. The Morgan fingerprint density at radius 2 is 0.638 bits per heavy atom. The lowest BCUT2D eigenvalue weighted by atomic mass is 9.82. The third-order valence-corrected chi connectivity index (χ3v) is 13.6. The second-order valence-electron chi connectivity index (χ2n) is 19.1. The van der Waals surface area contributed by atoms with Gasteiger partial charge in [-0.05, 0) is 181 Å². The summed E-state index contributed by atoms with van der Waals surface area (Å²) in [5, 5.41) is 4.82. The average Bonchev–Trinajstić information content (AvgIpc) is 3.82. The molecule has 2 heteroatoms. The zero-order chi connectivity index (χ0) is 46.5. The lowest BCUT2D eigenvalue weighted by Gasteiger charge is -2.25. The van der Waals surface area contributed by atoms with E-state index < -0.39 is 0 Å². The minimum absolute atomic E-state index is 0.179. The number of benzene rings is 11. The molecule has 0 aliphatic heterocycles. The van der Waals surface area contributed by atoms with Crippen molar-refractivity contribution >= 4 is 32.6 Å². The molecule has 12 rings (SSSR count). The predicted octanol–water partition coefficient (Wildman–Crippen LogP) is 18.4. The largest absolute Gasteiger partial charge is 0.319 e. The Morgan fingerprint density at radius 1 is 0.275 bits per heavy atom. The van der Waals surface area contributed by atoms with Gasteiger partial charge in [0.1, 0.15) is 5.82 Å². The highest BCUT2D eigenvalue weighted by Crippen LogP contribution is 2.48. The topological polar surface area (TPSA) is 17.8 Å². The van der Waals surface area contributed by atoms with Gasteiger partial charge in [0.15, 0.2) is 0 Å². The fraction of sp³-hybridized carbons (Fsp3) is 0.0597. The van der Waals surface area contributed by atoms with Gasteiger partial charge >= 0.3 is 0 Å². The molecule has 0 atom stereocenters. The summed E-state index contributed by atoms with van der Waals surface area (Å²) < 4.78 is 2.38. The van der Waals surface area contributed by atoms with Crippen molar-refractivity contribution in [3.05, 3.63) is 249 Å². The zero-order valence-electron chi connectivity index (χ0n) is 39.1. The van der Waals surface area contributed by atoms with Crippen molar-refractivity contribution in [1.82, 2.24) is 9.55 Å². The Bertz CT molecular complexity index is 3730. The molecule has 0 N–H and O–H groups in total. The van der Waals surface area contributed by atoms with Gasteiger partial charge in [-0.1, -0.05) is 188 Å². The quantitative estimate of drug-likeness (QED) is 0.139. The first kappa shape index (κ1) is 41.8. The molecule has 0 bridgehead atoms. The fourth-order valence-corrected chi connectivity index (χ4v) is 10.4. The lowest BCUT2D eigenvalue weighted by molar-refractivity contribution is 0.413. The molecule has 0 aliphatic rings. The molecule has 0 saturated heterocycles. The van der Waals surface area contributed by atoms with Crippen molar-refractivity contribution in [2.45, 2.75) is 26.3 Å². The van der Waals surface area contributed by atoms with Crippen LogP contribution in [0.3, 0.4) is 0 Å². The van der Waals surface area contributed by atoms with Gasteiger partial charge in [-0.3, -0.25) is 0 Å². The summed E-state index contributed by atoms with van der Waals surface area (Å²) in [5.41, 5.74) is 19.6. The molecular formula is C67H50N2. The van der Waals surface area contributed by atoms with E-state index in [2.05, 4.69) is 274 Å². The van der Waals surface area contributed by atoms with E-state index in [0.29, 0.717) is 0 Å². The maximum Gasteiger partial charge on any atom is 0.141 e. The second-order valence-corrected chi connectivity index (χ2v) is 19.1. The maximum absolute atomic E-state index is 5.25. The molecular weight excluding hydrogens is 833 g/mol. The molecule has 12 aromatic rings. The standard InChI is InChI=1S/C67H50N2/c1-67(2,3)69-63-34-19-18-33-62(63)68-66(69)51-30-20-29-49(37-51)50-35-36-60-61(44-50)65(57-42-54(47-25-12-6-13-26-47)39-55(43-57)48-27-14-7-15-28-48)59-32-17-16-31-58(59)64(60)56-40-52(45-21-8-4-9-22-45)38-53(41-56)46-23-10-5-11-24-46/h4-44H,1-3H3. The van der Waals surface area contributed by atoms with Crippen LogP contribution < -0.4 is 0 Å². The monoisotopic (exact) mass is 882 g/mol. The first-order valence-electron chi connectivity index (χ1n) is 23.9. The normalized spacial score (nSPS) is 11.7. The van der Waals surface area contributed by atoms with E-state index in [1.54, 1.807) is 0 Å².